The predicted molar refractivity (Wildman–Crippen MR) is 79.7 cm³/mol. The van der Waals surface area contributed by atoms with Gasteiger partial charge in [-0.15, -0.1) is 0 Å². The zero-order valence-electron chi connectivity index (χ0n) is 11.5. The summed E-state index contributed by atoms with van der Waals surface area (Å²) >= 11 is 6.02. The molecule has 1 fully saturated rings. The Bertz CT molecular complexity index is 432. The molecule has 2 rings (SSSR count). The highest BCUT2D eigenvalue weighted by atomic mass is 35.5. The molecule has 0 bridgehead atoms. The summed E-state index contributed by atoms with van der Waals surface area (Å²) in [6.45, 7) is 4.95. The first-order chi connectivity index (χ1) is 9.05. The van der Waals surface area contributed by atoms with Crippen molar-refractivity contribution in [1.82, 2.24) is 4.90 Å². The van der Waals surface area contributed by atoms with E-state index in [1.165, 1.54) is 19.3 Å². The molecule has 0 aromatic heterocycles. The lowest BCUT2D eigenvalue weighted by Crippen LogP contribution is -2.54. The molecular formula is C15H23ClN2O. The normalized spacial score (nSPS) is 20.2. The van der Waals surface area contributed by atoms with E-state index in [4.69, 9.17) is 17.3 Å². The number of phenolic OH excluding ortho intramolecular Hbond substituents is 1. The van der Waals surface area contributed by atoms with E-state index in [1.807, 2.05) is 6.07 Å². The molecule has 3 N–H and O–H groups in total. The highest BCUT2D eigenvalue weighted by Gasteiger charge is 2.32. The molecule has 1 aromatic rings. The van der Waals surface area contributed by atoms with E-state index in [9.17, 15) is 5.11 Å². The molecule has 0 aliphatic carbocycles. The van der Waals surface area contributed by atoms with Crippen molar-refractivity contribution in [1.29, 1.82) is 0 Å². The summed E-state index contributed by atoms with van der Waals surface area (Å²) in [7, 11) is 0. The van der Waals surface area contributed by atoms with Crippen molar-refractivity contribution in [3.8, 4) is 5.75 Å². The summed E-state index contributed by atoms with van der Waals surface area (Å²) in [6, 6.07) is 5.21. The van der Waals surface area contributed by atoms with Crippen LogP contribution in [0.4, 0.5) is 0 Å². The third-order valence-corrected chi connectivity index (χ3v) is 4.41. The van der Waals surface area contributed by atoms with Gasteiger partial charge in [-0.05, 0) is 63.0 Å². The summed E-state index contributed by atoms with van der Waals surface area (Å²) in [6.07, 6.45) is 4.50. The first kappa shape index (κ1) is 14.6. The highest BCUT2D eigenvalue weighted by molar-refractivity contribution is 6.30. The van der Waals surface area contributed by atoms with Crippen LogP contribution in [0.25, 0.3) is 0 Å². The number of piperidine rings is 1. The van der Waals surface area contributed by atoms with E-state index < -0.39 is 0 Å². The Hall–Kier alpha value is -0.770. The maximum absolute atomic E-state index is 9.97. The highest BCUT2D eigenvalue weighted by Crippen LogP contribution is 2.29. The van der Waals surface area contributed by atoms with Crippen molar-refractivity contribution in [3.05, 3.63) is 28.8 Å². The predicted octanol–water partition coefficient (Wildman–Crippen LogP) is 2.79. The minimum atomic E-state index is -0.109. The quantitative estimate of drug-likeness (QED) is 0.893. The van der Waals surface area contributed by atoms with Crippen molar-refractivity contribution in [2.45, 2.75) is 38.1 Å². The van der Waals surface area contributed by atoms with Gasteiger partial charge in [0.1, 0.15) is 5.75 Å². The molecular weight excluding hydrogens is 260 g/mol. The summed E-state index contributed by atoms with van der Waals surface area (Å²) in [5.41, 5.74) is 6.79. The van der Waals surface area contributed by atoms with E-state index in [1.54, 1.807) is 12.1 Å². The molecule has 0 saturated carbocycles. The number of likely N-dealkylation sites (tertiary alicyclic amines) is 1. The molecule has 4 heteroatoms. The number of hydrogen-bond acceptors (Lipinski definition) is 3. The monoisotopic (exact) mass is 282 g/mol. The van der Waals surface area contributed by atoms with Gasteiger partial charge in [-0.1, -0.05) is 18.0 Å². The molecule has 1 heterocycles. The topological polar surface area (TPSA) is 49.5 Å². The summed E-state index contributed by atoms with van der Waals surface area (Å²) in [5, 5.41) is 10.6. The Labute approximate surface area is 120 Å². The maximum Gasteiger partial charge on any atom is 0.118 e. The van der Waals surface area contributed by atoms with Crippen LogP contribution in [-0.4, -0.2) is 35.2 Å². The second kappa shape index (κ2) is 6.12. The Morgan fingerprint density at radius 3 is 2.63 bits per heavy atom. The average Bonchev–Trinajstić information content (AvgIpc) is 2.44. The lowest BCUT2D eigenvalue weighted by Gasteiger charge is -2.43. The summed E-state index contributed by atoms with van der Waals surface area (Å²) in [4.78, 5) is 2.46. The lowest BCUT2D eigenvalue weighted by atomic mass is 9.88. The van der Waals surface area contributed by atoms with Gasteiger partial charge >= 0.3 is 0 Å². The van der Waals surface area contributed by atoms with E-state index in [0.29, 0.717) is 17.3 Å². The SMILES string of the molecule is CC(CN)(Cc1cc(Cl)ccc1O)N1CCCCC1. The third-order valence-electron chi connectivity index (χ3n) is 4.17. The van der Waals surface area contributed by atoms with Crippen LogP contribution in [0.5, 0.6) is 5.75 Å². The smallest absolute Gasteiger partial charge is 0.118 e. The molecule has 0 spiro atoms. The van der Waals surface area contributed by atoms with Crippen LogP contribution < -0.4 is 5.73 Å². The zero-order valence-corrected chi connectivity index (χ0v) is 12.3. The van der Waals surface area contributed by atoms with Gasteiger partial charge in [-0.2, -0.15) is 0 Å². The minimum absolute atomic E-state index is 0.109. The van der Waals surface area contributed by atoms with Crippen LogP contribution in [0.1, 0.15) is 31.7 Å². The fourth-order valence-electron chi connectivity index (χ4n) is 2.85. The van der Waals surface area contributed by atoms with Gasteiger partial charge in [0.25, 0.3) is 0 Å². The van der Waals surface area contributed by atoms with Crippen molar-refractivity contribution in [3.63, 3.8) is 0 Å². The molecule has 1 aliphatic heterocycles. The van der Waals surface area contributed by atoms with E-state index >= 15 is 0 Å². The number of nitrogens with two attached hydrogens (primary N) is 1. The second-order valence-electron chi connectivity index (χ2n) is 5.70. The minimum Gasteiger partial charge on any atom is -0.508 e. The maximum atomic E-state index is 9.97. The van der Waals surface area contributed by atoms with E-state index in [-0.39, 0.29) is 5.54 Å². The first-order valence-electron chi connectivity index (χ1n) is 6.98. The Kier molecular flexibility index (Phi) is 4.71. The molecule has 3 nitrogen and oxygen atoms in total. The number of nitrogens with zero attached hydrogens (tertiary/aromatic N) is 1. The van der Waals surface area contributed by atoms with Gasteiger partial charge in [-0.3, -0.25) is 4.90 Å². The fourth-order valence-corrected chi connectivity index (χ4v) is 3.05. The number of phenols is 1. The van der Waals surface area contributed by atoms with Gasteiger partial charge in [0, 0.05) is 17.1 Å². The zero-order chi connectivity index (χ0) is 13.9. The van der Waals surface area contributed by atoms with Crippen molar-refractivity contribution >= 4 is 11.6 Å². The van der Waals surface area contributed by atoms with Crippen molar-refractivity contribution < 1.29 is 5.11 Å². The number of rotatable bonds is 4. The van der Waals surface area contributed by atoms with Gasteiger partial charge < -0.3 is 10.8 Å². The Morgan fingerprint density at radius 1 is 1.32 bits per heavy atom. The molecule has 1 atom stereocenters. The van der Waals surface area contributed by atoms with Crippen LogP contribution in [0.2, 0.25) is 5.02 Å². The molecule has 0 radical (unpaired) electrons. The van der Waals surface area contributed by atoms with Crippen molar-refractivity contribution in [2.75, 3.05) is 19.6 Å². The average molecular weight is 283 g/mol. The van der Waals surface area contributed by atoms with Crippen LogP contribution in [0.3, 0.4) is 0 Å². The largest absolute Gasteiger partial charge is 0.508 e. The molecule has 1 saturated heterocycles. The lowest BCUT2D eigenvalue weighted by molar-refractivity contribution is 0.0865. The standard InChI is InChI=1S/C15H23ClN2O/c1-15(11-17,18-7-3-2-4-8-18)10-12-9-13(16)5-6-14(12)19/h5-6,9,19H,2-4,7-8,10-11,17H2,1H3. The second-order valence-corrected chi connectivity index (χ2v) is 6.14. The summed E-state index contributed by atoms with van der Waals surface area (Å²) < 4.78 is 0. The van der Waals surface area contributed by atoms with Gasteiger partial charge in [-0.25, -0.2) is 0 Å². The molecule has 106 valence electrons. The van der Waals surface area contributed by atoms with Crippen LogP contribution in [0, 0.1) is 0 Å². The number of hydrogen-bond donors (Lipinski definition) is 2. The van der Waals surface area contributed by atoms with Crippen LogP contribution in [-0.2, 0) is 6.42 Å². The van der Waals surface area contributed by atoms with Crippen molar-refractivity contribution in [2.24, 2.45) is 5.73 Å². The third kappa shape index (κ3) is 3.41. The molecule has 19 heavy (non-hydrogen) atoms. The van der Waals surface area contributed by atoms with Gasteiger partial charge in [0.05, 0.1) is 0 Å². The Balaban J connectivity index is 2.19. The van der Waals surface area contributed by atoms with Crippen LogP contribution in [0.15, 0.2) is 18.2 Å². The van der Waals surface area contributed by atoms with E-state index in [2.05, 4.69) is 11.8 Å². The van der Waals surface area contributed by atoms with Gasteiger partial charge in [0.2, 0.25) is 0 Å². The molecule has 1 aliphatic rings. The van der Waals surface area contributed by atoms with Gasteiger partial charge in [0.15, 0.2) is 0 Å². The first-order valence-corrected chi connectivity index (χ1v) is 7.35. The van der Waals surface area contributed by atoms with Crippen LogP contribution >= 0.6 is 11.6 Å². The Morgan fingerprint density at radius 2 is 2.00 bits per heavy atom. The number of benzene rings is 1. The van der Waals surface area contributed by atoms with E-state index in [0.717, 1.165) is 25.1 Å². The molecule has 0 amide bonds. The fraction of sp³-hybridized carbons (Fsp3) is 0.600. The molecule has 1 aromatic carbocycles. The summed E-state index contributed by atoms with van der Waals surface area (Å²) in [5.74, 6) is 0.307. The number of halogens is 1. The number of aromatic hydroxyl groups is 1. The molecule has 1 unspecified atom stereocenters.